The second-order valence-corrected chi connectivity index (χ2v) is 6.64. The highest BCUT2D eigenvalue weighted by molar-refractivity contribution is 7.16. The van der Waals surface area contributed by atoms with E-state index in [4.69, 9.17) is 9.47 Å². The molecule has 0 bridgehead atoms. The summed E-state index contributed by atoms with van der Waals surface area (Å²) >= 11 is 1.21. The minimum absolute atomic E-state index is 0.0263. The van der Waals surface area contributed by atoms with Crippen LogP contribution >= 0.6 is 11.3 Å². The van der Waals surface area contributed by atoms with Crippen molar-refractivity contribution in [3.05, 3.63) is 56.4 Å². The van der Waals surface area contributed by atoms with Gasteiger partial charge in [-0.05, 0) is 31.9 Å². The Labute approximate surface area is 147 Å². The predicted molar refractivity (Wildman–Crippen MR) is 93.1 cm³/mol. The fourth-order valence-corrected chi connectivity index (χ4v) is 3.22. The number of nitrogens with zero attached hydrogens (tertiary/aromatic N) is 3. The third-order valence-corrected chi connectivity index (χ3v) is 4.40. The van der Waals surface area contributed by atoms with Crippen LogP contribution in [0, 0.1) is 20.8 Å². The number of carbonyl (C=O) groups is 1. The van der Waals surface area contributed by atoms with Gasteiger partial charge in [-0.25, -0.2) is 9.78 Å². The number of esters is 1. The Morgan fingerprint density at radius 1 is 1.24 bits per heavy atom. The van der Waals surface area contributed by atoms with Crippen molar-refractivity contribution in [2.75, 3.05) is 6.61 Å². The zero-order valence-corrected chi connectivity index (χ0v) is 14.9. The summed E-state index contributed by atoms with van der Waals surface area (Å²) in [6.07, 6.45) is 0. The Hall–Kier alpha value is -2.74. The number of hydrogen-bond donors (Lipinski definition) is 0. The average Bonchev–Trinajstić information content (AvgIpc) is 2.95. The zero-order chi connectivity index (χ0) is 18.0. The first-order valence-corrected chi connectivity index (χ1v) is 8.47. The van der Waals surface area contributed by atoms with Crippen molar-refractivity contribution in [1.29, 1.82) is 0 Å². The molecule has 0 aliphatic rings. The molecule has 0 aliphatic heterocycles. The summed E-state index contributed by atoms with van der Waals surface area (Å²) in [4.78, 5) is 28.4. The summed E-state index contributed by atoms with van der Waals surface area (Å²) in [6.45, 7) is 5.37. The molecule has 0 saturated heterocycles. The standard InChI is InChI=1S/C17H17N3O4S/c1-10-5-4-6-11(2)16(10)24-9-15(22)23-8-13-19-20-14(21)7-12(3)18-17(20)25-13/h4-7H,8-9H2,1-3H3. The molecule has 2 heterocycles. The van der Waals surface area contributed by atoms with Gasteiger partial charge in [0.25, 0.3) is 5.56 Å². The van der Waals surface area contributed by atoms with Crippen LogP contribution in [-0.4, -0.2) is 27.2 Å². The van der Waals surface area contributed by atoms with E-state index in [0.29, 0.717) is 21.4 Å². The fraction of sp³-hybridized carbons (Fsp3) is 0.294. The summed E-state index contributed by atoms with van der Waals surface area (Å²) in [7, 11) is 0. The average molecular weight is 359 g/mol. The number of rotatable bonds is 5. The van der Waals surface area contributed by atoms with E-state index in [2.05, 4.69) is 10.1 Å². The monoisotopic (exact) mass is 359 g/mol. The Bertz CT molecular complexity index is 973. The molecule has 0 fully saturated rings. The second-order valence-electron chi connectivity index (χ2n) is 5.60. The molecule has 0 saturated carbocycles. The number of fused-ring (bicyclic) bond motifs is 1. The van der Waals surface area contributed by atoms with Crippen LogP contribution in [0.2, 0.25) is 0 Å². The molecule has 2 aromatic heterocycles. The molecule has 3 rings (SSSR count). The molecule has 3 aromatic rings. The quantitative estimate of drug-likeness (QED) is 0.650. The fourth-order valence-electron chi connectivity index (χ4n) is 2.36. The largest absolute Gasteiger partial charge is 0.481 e. The Morgan fingerprint density at radius 3 is 2.68 bits per heavy atom. The molecule has 8 heteroatoms. The lowest BCUT2D eigenvalue weighted by molar-refractivity contribution is -0.147. The summed E-state index contributed by atoms with van der Waals surface area (Å²) in [5.74, 6) is 0.184. The van der Waals surface area contributed by atoms with Crippen LogP contribution < -0.4 is 10.3 Å². The Kier molecular flexibility index (Phi) is 4.80. The molecular weight excluding hydrogens is 342 g/mol. The minimum atomic E-state index is -0.501. The molecule has 0 amide bonds. The summed E-state index contributed by atoms with van der Waals surface area (Å²) < 4.78 is 11.9. The van der Waals surface area contributed by atoms with Crippen molar-refractivity contribution in [2.45, 2.75) is 27.4 Å². The topological polar surface area (TPSA) is 82.8 Å². The van der Waals surface area contributed by atoms with Gasteiger partial charge in [0.2, 0.25) is 4.96 Å². The molecule has 1 aromatic carbocycles. The van der Waals surface area contributed by atoms with Gasteiger partial charge >= 0.3 is 5.97 Å². The smallest absolute Gasteiger partial charge is 0.344 e. The van der Waals surface area contributed by atoms with Crippen molar-refractivity contribution in [3.8, 4) is 5.75 Å². The van der Waals surface area contributed by atoms with Gasteiger partial charge in [-0.2, -0.15) is 9.61 Å². The van der Waals surface area contributed by atoms with Crippen LogP contribution in [0.25, 0.3) is 4.96 Å². The van der Waals surface area contributed by atoms with Crippen molar-refractivity contribution in [3.63, 3.8) is 0 Å². The Morgan fingerprint density at radius 2 is 1.96 bits per heavy atom. The number of hydrogen-bond acceptors (Lipinski definition) is 7. The van der Waals surface area contributed by atoms with E-state index in [1.54, 1.807) is 6.92 Å². The third kappa shape index (κ3) is 3.85. The highest BCUT2D eigenvalue weighted by Crippen LogP contribution is 2.22. The van der Waals surface area contributed by atoms with Gasteiger partial charge in [0, 0.05) is 11.8 Å². The molecule has 0 atom stereocenters. The molecule has 0 aliphatic carbocycles. The van der Waals surface area contributed by atoms with E-state index in [1.165, 1.54) is 21.9 Å². The zero-order valence-electron chi connectivity index (χ0n) is 14.1. The van der Waals surface area contributed by atoms with Crippen molar-refractivity contribution >= 4 is 22.3 Å². The highest BCUT2D eigenvalue weighted by atomic mass is 32.1. The van der Waals surface area contributed by atoms with Crippen molar-refractivity contribution in [1.82, 2.24) is 14.6 Å². The number of benzene rings is 1. The number of aromatic nitrogens is 3. The molecular formula is C17H17N3O4S. The lowest BCUT2D eigenvalue weighted by Crippen LogP contribution is -2.16. The normalized spacial score (nSPS) is 10.8. The molecule has 0 unspecified atom stereocenters. The van der Waals surface area contributed by atoms with E-state index in [0.717, 1.165) is 11.1 Å². The first kappa shape index (κ1) is 17.1. The van der Waals surface area contributed by atoms with Crippen LogP contribution in [0.3, 0.4) is 0 Å². The highest BCUT2D eigenvalue weighted by Gasteiger charge is 2.12. The molecule has 25 heavy (non-hydrogen) atoms. The van der Waals surface area contributed by atoms with Crippen LogP contribution in [0.4, 0.5) is 0 Å². The lowest BCUT2D eigenvalue weighted by atomic mass is 10.1. The van der Waals surface area contributed by atoms with E-state index in [9.17, 15) is 9.59 Å². The predicted octanol–water partition coefficient (Wildman–Crippen LogP) is 2.20. The van der Waals surface area contributed by atoms with Crippen LogP contribution in [0.1, 0.15) is 21.8 Å². The van der Waals surface area contributed by atoms with Crippen LogP contribution in [-0.2, 0) is 16.1 Å². The minimum Gasteiger partial charge on any atom is -0.481 e. The van der Waals surface area contributed by atoms with E-state index in [1.807, 2.05) is 32.0 Å². The molecule has 7 nitrogen and oxygen atoms in total. The number of para-hydroxylation sites is 1. The van der Waals surface area contributed by atoms with Crippen molar-refractivity contribution in [2.24, 2.45) is 0 Å². The summed E-state index contributed by atoms with van der Waals surface area (Å²) in [5.41, 5.74) is 2.29. The number of aryl methyl sites for hydroxylation is 3. The number of ether oxygens (including phenoxy) is 2. The number of carbonyl (C=O) groups excluding carboxylic acids is 1. The molecule has 0 N–H and O–H groups in total. The Balaban J connectivity index is 1.61. The second kappa shape index (κ2) is 7.02. The SMILES string of the molecule is Cc1cc(=O)n2nc(COC(=O)COc3c(C)cccc3C)sc2n1. The molecule has 0 radical (unpaired) electrons. The molecule has 0 spiro atoms. The van der Waals surface area contributed by atoms with E-state index < -0.39 is 5.97 Å². The lowest BCUT2D eigenvalue weighted by Gasteiger charge is -2.11. The van der Waals surface area contributed by atoms with Gasteiger partial charge in [0.15, 0.2) is 11.6 Å². The van der Waals surface area contributed by atoms with Gasteiger partial charge in [0.05, 0.1) is 0 Å². The maximum atomic E-state index is 11.9. The third-order valence-electron chi connectivity index (χ3n) is 3.51. The van der Waals surface area contributed by atoms with Gasteiger partial charge in [-0.3, -0.25) is 4.79 Å². The van der Waals surface area contributed by atoms with Crippen molar-refractivity contribution < 1.29 is 14.3 Å². The summed E-state index contributed by atoms with van der Waals surface area (Å²) in [6, 6.07) is 7.17. The maximum absolute atomic E-state index is 11.9. The first-order chi connectivity index (χ1) is 11.9. The molecule has 130 valence electrons. The van der Waals surface area contributed by atoms with E-state index >= 15 is 0 Å². The van der Waals surface area contributed by atoms with Gasteiger partial charge < -0.3 is 9.47 Å². The van der Waals surface area contributed by atoms with E-state index in [-0.39, 0.29) is 18.8 Å². The van der Waals surface area contributed by atoms with Gasteiger partial charge in [-0.1, -0.05) is 29.5 Å². The first-order valence-electron chi connectivity index (χ1n) is 7.65. The summed E-state index contributed by atoms with van der Waals surface area (Å²) in [5, 5.41) is 4.61. The van der Waals surface area contributed by atoms with Crippen LogP contribution in [0.15, 0.2) is 29.1 Å². The maximum Gasteiger partial charge on any atom is 0.344 e. The van der Waals surface area contributed by atoms with Crippen LogP contribution in [0.5, 0.6) is 5.75 Å². The van der Waals surface area contributed by atoms with Gasteiger partial charge in [0.1, 0.15) is 12.4 Å². The van der Waals surface area contributed by atoms with Gasteiger partial charge in [-0.15, -0.1) is 0 Å².